The van der Waals surface area contributed by atoms with Gasteiger partial charge in [-0.2, -0.15) is 0 Å². The minimum atomic E-state index is 0.0998. The number of halogens is 1. The van der Waals surface area contributed by atoms with Gasteiger partial charge in [0.2, 0.25) is 11.0 Å². The summed E-state index contributed by atoms with van der Waals surface area (Å²) in [6.45, 7) is 2.24. The van der Waals surface area contributed by atoms with Crippen LogP contribution in [0.15, 0.2) is 28.6 Å². The molecule has 0 atom stereocenters. The molecule has 3 rings (SSSR count). The van der Waals surface area contributed by atoms with Crippen LogP contribution in [-0.4, -0.2) is 16.1 Å². The molecule has 27 heavy (non-hydrogen) atoms. The molecule has 1 saturated carbocycles. The lowest BCUT2D eigenvalue weighted by atomic mass is 9.79. The number of amides is 1. The molecule has 1 fully saturated rings. The van der Waals surface area contributed by atoms with Crippen molar-refractivity contribution in [2.75, 3.05) is 5.32 Å². The lowest BCUT2D eigenvalue weighted by Gasteiger charge is -2.27. The second-order valence-electron chi connectivity index (χ2n) is 7.10. The van der Waals surface area contributed by atoms with Crippen LogP contribution in [0.2, 0.25) is 5.02 Å². The molecule has 0 unspecified atom stereocenters. The van der Waals surface area contributed by atoms with Gasteiger partial charge in [0.05, 0.1) is 0 Å². The minimum absolute atomic E-state index is 0.0998. The predicted molar refractivity (Wildman–Crippen MR) is 115 cm³/mol. The van der Waals surface area contributed by atoms with Crippen molar-refractivity contribution in [2.45, 2.75) is 62.0 Å². The van der Waals surface area contributed by atoms with E-state index in [2.05, 4.69) is 22.4 Å². The number of carbonyl (C=O) groups is 1. The number of unbranched alkanes of at least 4 members (excludes halogenated alkanes) is 1. The molecule has 1 heterocycles. The van der Waals surface area contributed by atoms with Gasteiger partial charge in [0, 0.05) is 16.7 Å². The number of thioether (sulfide) groups is 1. The minimum Gasteiger partial charge on any atom is -0.300 e. The fourth-order valence-corrected chi connectivity index (χ4v) is 5.53. The number of carbonyl (C=O) groups excluding carboxylic acids is 1. The highest BCUT2D eigenvalue weighted by Gasteiger charge is 2.26. The number of anilines is 1. The van der Waals surface area contributed by atoms with Gasteiger partial charge in [-0.05, 0) is 43.2 Å². The molecule has 0 bridgehead atoms. The Kier molecular flexibility index (Phi) is 7.97. The second kappa shape index (κ2) is 10.4. The number of rotatable bonds is 8. The molecule has 0 radical (unpaired) electrons. The van der Waals surface area contributed by atoms with Gasteiger partial charge in [-0.3, -0.25) is 4.79 Å². The molecule has 1 aromatic carbocycles. The van der Waals surface area contributed by atoms with Crippen LogP contribution in [0.5, 0.6) is 0 Å². The van der Waals surface area contributed by atoms with Crippen LogP contribution in [0.4, 0.5) is 5.13 Å². The van der Waals surface area contributed by atoms with E-state index >= 15 is 0 Å². The van der Waals surface area contributed by atoms with Crippen molar-refractivity contribution in [3.05, 3.63) is 34.9 Å². The van der Waals surface area contributed by atoms with Crippen LogP contribution < -0.4 is 5.32 Å². The highest BCUT2D eigenvalue weighted by atomic mass is 35.5. The van der Waals surface area contributed by atoms with Crippen molar-refractivity contribution in [2.24, 2.45) is 11.8 Å². The van der Waals surface area contributed by atoms with E-state index in [1.165, 1.54) is 43.4 Å². The summed E-state index contributed by atoms with van der Waals surface area (Å²) < 4.78 is 0.841. The summed E-state index contributed by atoms with van der Waals surface area (Å²) in [7, 11) is 0. The van der Waals surface area contributed by atoms with Crippen molar-refractivity contribution in [1.29, 1.82) is 0 Å². The normalized spacial score (nSPS) is 19.8. The zero-order valence-electron chi connectivity index (χ0n) is 15.6. The molecular formula is C20H26ClN3OS2. The van der Waals surface area contributed by atoms with Gasteiger partial charge in [0.1, 0.15) is 0 Å². The first kappa shape index (κ1) is 20.6. The molecule has 0 aliphatic heterocycles. The van der Waals surface area contributed by atoms with Crippen LogP contribution in [0, 0.1) is 11.8 Å². The number of hydrogen-bond donors (Lipinski definition) is 1. The Morgan fingerprint density at radius 3 is 2.78 bits per heavy atom. The Bertz CT molecular complexity index is 744. The monoisotopic (exact) mass is 423 g/mol. The van der Waals surface area contributed by atoms with Crippen LogP contribution >= 0.6 is 34.7 Å². The van der Waals surface area contributed by atoms with E-state index in [-0.39, 0.29) is 11.8 Å². The third-order valence-corrected chi connectivity index (χ3v) is 7.52. The predicted octanol–water partition coefficient (Wildman–Crippen LogP) is 6.42. The van der Waals surface area contributed by atoms with Gasteiger partial charge in [0.15, 0.2) is 4.34 Å². The van der Waals surface area contributed by atoms with Gasteiger partial charge in [-0.25, -0.2) is 0 Å². The molecule has 1 aliphatic rings. The Hall–Kier alpha value is -1.11. The van der Waals surface area contributed by atoms with Crippen molar-refractivity contribution in [1.82, 2.24) is 10.2 Å². The molecule has 1 amide bonds. The van der Waals surface area contributed by atoms with Gasteiger partial charge in [0.25, 0.3) is 0 Å². The average Bonchev–Trinajstić information content (AvgIpc) is 3.13. The number of aromatic nitrogens is 2. The topological polar surface area (TPSA) is 54.9 Å². The average molecular weight is 424 g/mol. The van der Waals surface area contributed by atoms with Gasteiger partial charge < -0.3 is 5.32 Å². The number of nitrogens with zero attached hydrogens (tertiary/aromatic N) is 2. The summed E-state index contributed by atoms with van der Waals surface area (Å²) in [6, 6.07) is 7.80. The number of nitrogens with one attached hydrogen (secondary N) is 1. The molecule has 7 heteroatoms. The molecule has 1 N–H and O–H groups in total. The Labute approximate surface area is 174 Å². The van der Waals surface area contributed by atoms with Crippen molar-refractivity contribution in [3.8, 4) is 0 Å². The molecule has 1 aromatic heterocycles. The maximum absolute atomic E-state index is 12.5. The summed E-state index contributed by atoms with van der Waals surface area (Å²) in [5, 5.41) is 12.6. The van der Waals surface area contributed by atoms with Gasteiger partial charge in [-0.15, -0.1) is 10.2 Å². The zero-order chi connectivity index (χ0) is 19.1. The third-order valence-electron chi connectivity index (χ3n) is 5.13. The van der Waals surface area contributed by atoms with Crippen LogP contribution in [0.1, 0.15) is 57.4 Å². The van der Waals surface area contributed by atoms with Crippen LogP contribution in [0.25, 0.3) is 0 Å². The van der Waals surface area contributed by atoms with E-state index in [4.69, 9.17) is 11.6 Å². The van der Waals surface area contributed by atoms with Crippen molar-refractivity contribution >= 4 is 45.7 Å². The van der Waals surface area contributed by atoms with Crippen LogP contribution in [0.3, 0.4) is 0 Å². The molecule has 146 valence electrons. The third kappa shape index (κ3) is 6.19. The van der Waals surface area contributed by atoms with E-state index < -0.39 is 0 Å². The molecule has 0 spiro atoms. The van der Waals surface area contributed by atoms with Gasteiger partial charge >= 0.3 is 0 Å². The maximum atomic E-state index is 12.5. The quantitative estimate of drug-likeness (QED) is 0.393. The fraction of sp³-hybridized carbons (Fsp3) is 0.550. The Morgan fingerprint density at radius 1 is 1.26 bits per heavy atom. The molecule has 1 aliphatic carbocycles. The lowest BCUT2D eigenvalue weighted by Crippen LogP contribution is -2.27. The van der Waals surface area contributed by atoms with Crippen LogP contribution in [-0.2, 0) is 10.5 Å². The molecule has 2 aromatic rings. The standard InChI is InChI=1S/C20H26ClN3OS2/c1-2-3-6-14-9-11-15(12-10-14)18(25)22-19-23-24-20(27-19)26-13-16-7-4-5-8-17(16)21/h4-5,7-8,14-15H,2-3,6,9-13H2,1H3,(H,22,23,25). The summed E-state index contributed by atoms with van der Waals surface area (Å²) in [4.78, 5) is 12.5. The molecule has 4 nitrogen and oxygen atoms in total. The summed E-state index contributed by atoms with van der Waals surface area (Å²) in [5.74, 6) is 1.77. The van der Waals surface area contributed by atoms with E-state index in [1.54, 1.807) is 11.8 Å². The molecule has 0 saturated heterocycles. The fourth-order valence-electron chi connectivity index (χ4n) is 3.49. The summed E-state index contributed by atoms with van der Waals surface area (Å²) >= 11 is 9.20. The lowest BCUT2D eigenvalue weighted by molar-refractivity contribution is -0.121. The first-order chi connectivity index (χ1) is 13.2. The van der Waals surface area contributed by atoms with Gasteiger partial charge in [-0.1, -0.05) is 79.1 Å². The van der Waals surface area contributed by atoms with E-state index in [0.29, 0.717) is 5.13 Å². The second-order valence-corrected chi connectivity index (χ2v) is 9.71. The smallest absolute Gasteiger partial charge is 0.229 e. The number of benzene rings is 1. The molecular weight excluding hydrogens is 398 g/mol. The Morgan fingerprint density at radius 2 is 2.04 bits per heavy atom. The van der Waals surface area contributed by atoms with E-state index in [1.807, 2.05) is 24.3 Å². The first-order valence-electron chi connectivity index (χ1n) is 9.66. The van der Waals surface area contributed by atoms with E-state index in [0.717, 1.165) is 39.4 Å². The summed E-state index contributed by atoms with van der Waals surface area (Å²) in [6.07, 6.45) is 8.21. The van der Waals surface area contributed by atoms with Crippen molar-refractivity contribution in [3.63, 3.8) is 0 Å². The zero-order valence-corrected chi connectivity index (χ0v) is 18.0. The highest BCUT2D eigenvalue weighted by Crippen LogP contribution is 2.34. The first-order valence-corrected chi connectivity index (χ1v) is 11.8. The Balaban J connectivity index is 1.45. The van der Waals surface area contributed by atoms with E-state index in [9.17, 15) is 4.79 Å². The SMILES string of the molecule is CCCCC1CCC(C(=O)Nc2nnc(SCc3ccccc3Cl)s2)CC1. The largest absolute Gasteiger partial charge is 0.300 e. The summed E-state index contributed by atoms with van der Waals surface area (Å²) in [5.41, 5.74) is 1.07. The maximum Gasteiger partial charge on any atom is 0.229 e. The van der Waals surface area contributed by atoms with Crippen molar-refractivity contribution < 1.29 is 4.79 Å². The highest BCUT2D eigenvalue weighted by molar-refractivity contribution is 8.00. The number of hydrogen-bond acceptors (Lipinski definition) is 5.